The zero-order chi connectivity index (χ0) is 7.52. The maximum Gasteiger partial charge on any atom is 0.0925 e. The standard InChI is InChI=1S/C7H8N4/c1-2-10-11-6(1)7-5-8-3-4-9-7/h2-6,11H,1H2. The monoisotopic (exact) mass is 148 g/mol. The average Bonchev–Trinajstić information content (AvgIpc) is 2.58. The van der Waals surface area contributed by atoms with E-state index < -0.39 is 0 Å². The maximum absolute atomic E-state index is 4.16. The van der Waals surface area contributed by atoms with Crippen LogP contribution in [-0.2, 0) is 0 Å². The van der Waals surface area contributed by atoms with Crippen molar-refractivity contribution in [1.82, 2.24) is 15.4 Å². The zero-order valence-corrected chi connectivity index (χ0v) is 5.94. The molecule has 1 aromatic heterocycles. The summed E-state index contributed by atoms with van der Waals surface area (Å²) in [7, 11) is 0. The molecule has 4 nitrogen and oxygen atoms in total. The first-order valence-electron chi connectivity index (χ1n) is 3.50. The molecule has 1 aliphatic heterocycles. The predicted octanol–water partition coefficient (Wildman–Crippen LogP) is 0.497. The third-order valence-corrected chi connectivity index (χ3v) is 1.60. The Balaban J connectivity index is 2.17. The van der Waals surface area contributed by atoms with Crippen molar-refractivity contribution < 1.29 is 0 Å². The van der Waals surface area contributed by atoms with E-state index in [9.17, 15) is 0 Å². The fraction of sp³-hybridized carbons (Fsp3) is 0.286. The lowest BCUT2D eigenvalue weighted by Gasteiger charge is -2.06. The number of aromatic nitrogens is 2. The molecule has 1 N–H and O–H groups in total. The van der Waals surface area contributed by atoms with E-state index in [1.54, 1.807) is 18.6 Å². The van der Waals surface area contributed by atoms with Crippen molar-refractivity contribution in [3.05, 3.63) is 24.3 Å². The van der Waals surface area contributed by atoms with Gasteiger partial charge in [-0.05, 0) is 0 Å². The van der Waals surface area contributed by atoms with E-state index in [1.165, 1.54) is 0 Å². The minimum Gasteiger partial charge on any atom is -0.301 e. The summed E-state index contributed by atoms with van der Waals surface area (Å²) in [5.74, 6) is 0. The van der Waals surface area contributed by atoms with E-state index in [2.05, 4.69) is 20.5 Å². The van der Waals surface area contributed by atoms with Crippen LogP contribution in [0.15, 0.2) is 23.7 Å². The molecule has 0 fully saturated rings. The molecule has 0 saturated heterocycles. The molecule has 0 aliphatic carbocycles. The van der Waals surface area contributed by atoms with Gasteiger partial charge >= 0.3 is 0 Å². The van der Waals surface area contributed by atoms with Gasteiger partial charge in [0.15, 0.2) is 0 Å². The van der Waals surface area contributed by atoms with Crippen molar-refractivity contribution >= 4 is 6.21 Å². The quantitative estimate of drug-likeness (QED) is 0.630. The lowest BCUT2D eigenvalue weighted by atomic mass is 10.2. The molecule has 0 amide bonds. The van der Waals surface area contributed by atoms with E-state index in [0.29, 0.717) is 0 Å². The number of nitrogens with one attached hydrogen (secondary N) is 1. The molecule has 1 aromatic rings. The highest BCUT2D eigenvalue weighted by atomic mass is 15.3. The van der Waals surface area contributed by atoms with Crippen LogP contribution in [0, 0.1) is 0 Å². The first-order chi connectivity index (χ1) is 5.47. The predicted molar refractivity (Wildman–Crippen MR) is 41.0 cm³/mol. The molecule has 1 unspecified atom stereocenters. The van der Waals surface area contributed by atoms with Gasteiger partial charge in [0.2, 0.25) is 0 Å². The fourth-order valence-corrected chi connectivity index (χ4v) is 1.03. The van der Waals surface area contributed by atoms with Crippen LogP contribution in [0.3, 0.4) is 0 Å². The molecule has 2 heterocycles. The number of nitrogens with zero attached hydrogens (tertiary/aromatic N) is 3. The van der Waals surface area contributed by atoms with Crippen LogP contribution >= 0.6 is 0 Å². The molecule has 0 aromatic carbocycles. The maximum atomic E-state index is 4.16. The summed E-state index contributed by atoms with van der Waals surface area (Å²) < 4.78 is 0. The summed E-state index contributed by atoms with van der Waals surface area (Å²) in [5.41, 5.74) is 3.89. The van der Waals surface area contributed by atoms with Gasteiger partial charge in [-0.1, -0.05) is 0 Å². The van der Waals surface area contributed by atoms with Crippen LogP contribution in [0.25, 0.3) is 0 Å². The molecule has 0 radical (unpaired) electrons. The van der Waals surface area contributed by atoms with Gasteiger partial charge in [-0.3, -0.25) is 9.97 Å². The summed E-state index contributed by atoms with van der Waals surface area (Å²) in [4.78, 5) is 8.13. The van der Waals surface area contributed by atoms with Crippen LogP contribution in [-0.4, -0.2) is 16.2 Å². The third-order valence-electron chi connectivity index (χ3n) is 1.60. The Bertz CT molecular complexity index is 248. The van der Waals surface area contributed by atoms with E-state index in [4.69, 9.17) is 0 Å². The van der Waals surface area contributed by atoms with Crippen LogP contribution < -0.4 is 5.43 Å². The highest BCUT2D eigenvalue weighted by Gasteiger charge is 2.13. The van der Waals surface area contributed by atoms with Gasteiger partial charge in [-0.25, -0.2) is 0 Å². The number of hydrazone groups is 1. The Kier molecular flexibility index (Phi) is 1.51. The normalized spacial score (nSPS) is 21.6. The van der Waals surface area contributed by atoms with Gasteiger partial charge in [0, 0.05) is 25.0 Å². The second-order valence-corrected chi connectivity index (χ2v) is 2.36. The van der Waals surface area contributed by atoms with Crippen molar-refractivity contribution in [2.45, 2.75) is 12.5 Å². The Morgan fingerprint density at radius 1 is 1.45 bits per heavy atom. The number of rotatable bonds is 1. The molecular formula is C7H8N4. The van der Waals surface area contributed by atoms with E-state index in [-0.39, 0.29) is 6.04 Å². The topological polar surface area (TPSA) is 50.2 Å². The van der Waals surface area contributed by atoms with Gasteiger partial charge < -0.3 is 5.43 Å². The van der Waals surface area contributed by atoms with E-state index in [0.717, 1.165) is 12.1 Å². The molecule has 0 spiro atoms. The van der Waals surface area contributed by atoms with Crippen molar-refractivity contribution in [1.29, 1.82) is 0 Å². The molecule has 2 rings (SSSR count). The highest BCUT2D eigenvalue weighted by molar-refractivity contribution is 5.60. The van der Waals surface area contributed by atoms with Gasteiger partial charge in [-0.2, -0.15) is 5.10 Å². The largest absolute Gasteiger partial charge is 0.301 e. The molecule has 0 saturated carbocycles. The van der Waals surface area contributed by atoms with Gasteiger partial charge in [-0.15, -0.1) is 0 Å². The van der Waals surface area contributed by atoms with Crippen LogP contribution in [0.1, 0.15) is 18.2 Å². The first kappa shape index (κ1) is 6.27. The Hall–Kier alpha value is -1.45. The van der Waals surface area contributed by atoms with E-state index >= 15 is 0 Å². The smallest absolute Gasteiger partial charge is 0.0925 e. The lowest BCUT2D eigenvalue weighted by Crippen LogP contribution is -2.11. The van der Waals surface area contributed by atoms with Crippen molar-refractivity contribution in [3.63, 3.8) is 0 Å². The minimum atomic E-state index is 0.226. The van der Waals surface area contributed by atoms with Gasteiger partial charge in [0.25, 0.3) is 0 Å². The van der Waals surface area contributed by atoms with Gasteiger partial charge in [0.1, 0.15) is 0 Å². The van der Waals surface area contributed by atoms with Crippen LogP contribution in [0.4, 0.5) is 0 Å². The third kappa shape index (κ3) is 1.19. The molecule has 0 bridgehead atoms. The van der Waals surface area contributed by atoms with Crippen molar-refractivity contribution in [2.24, 2.45) is 5.10 Å². The molecule has 56 valence electrons. The molecule has 4 heteroatoms. The van der Waals surface area contributed by atoms with Gasteiger partial charge in [0.05, 0.1) is 17.9 Å². The Labute approximate surface area is 64.4 Å². The highest BCUT2D eigenvalue weighted by Crippen LogP contribution is 2.14. The number of hydrogen-bond acceptors (Lipinski definition) is 4. The summed E-state index contributed by atoms with van der Waals surface area (Å²) >= 11 is 0. The minimum absolute atomic E-state index is 0.226. The first-order valence-corrected chi connectivity index (χ1v) is 3.50. The zero-order valence-electron chi connectivity index (χ0n) is 5.94. The second-order valence-electron chi connectivity index (χ2n) is 2.36. The second kappa shape index (κ2) is 2.65. The Morgan fingerprint density at radius 2 is 2.45 bits per heavy atom. The summed E-state index contributed by atoms with van der Waals surface area (Å²) in [6.45, 7) is 0. The summed E-state index contributed by atoms with van der Waals surface area (Å²) in [5, 5.41) is 3.90. The van der Waals surface area contributed by atoms with Crippen LogP contribution in [0.2, 0.25) is 0 Å². The lowest BCUT2D eigenvalue weighted by molar-refractivity contribution is 0.600. The fourth-order valence-electron chi connectivity index (χ4n) is 1.03. The molecule has 11 heavy (non-hydrogen) atoms. The molecule has 1 aliphatic rings. The average molecular weight is 148 g/mol. The van der Waals surface area contributed by atoms with Crippen LogP contribution in [0.5, 0.6) is 0 Å². The Morgan fingerprint density at radius 3 is 3.09 bits per heavy atom. The van der Waals surface area contributed by atoms with Crippen molar-refractivity contribution in [2.75, 3.05) is 0 Å². The summed E-state index contributed by atoms with van der Waals surface area (Å²) in [6, 6.07) is 0.226. The molecule has 1 atom stereocenters. The summed E-state index contributed by atoms with van der Waals surface area (Å²) in [6.07, 6.45) is 7.86. The number of hydrogen-bond donors (Lipinski definition) is 1. The van der Waals surface area contributed by atoms with E-state index in [1.807, 2.05) is 6.21 Å². The molecular weight excluding hydrogens is 140 g/mol. The SMILES string of the molecule is C1=NNC(c2cnccn2)C1. The van der Waals surface area contributed by atoms with Crippen molar-refractivity contribution in [3.8, 4) is 0 Å².